The summed E-state index contributed by atoms with van der Waals surface area (Å²) in [6.45, 7) is -2.74. The van der Waals surface area contributed by atoms with Crippen molar-refractivity contribution in [1.29, 1.82) is 0 Å². The van der Waals surface area contributed by atoms with E-state index < -0.39 is 56.1 Å². The molecule has 0 heterocycles. The van der Waals surface area contributed by atoms with Crippen molar-refractivity contribution in [2.75, 3.05) is 19.8 Å². The summed E-state index contributed by atoms with van der Waals surface area (Å²) < 4.78 is 12.5. The molecule has 0 aromatic rings. The number of carbonyl (C=O) groups is 1. The zero-order valence-electron chi connectivity index (χ0n) is 10.7. The minimum absolute atomic E-state index is 0.575. The van der Waals surface area contributed by atoms with E-state index in [1.54, 1.807) is 0 Å². The van der Waals surface area contributed by atoms with Crippen LogP contribution in [0.3, 0.4) is 0 Å². The van der Waals surface area contributed by atoms with Gasteiger partial charge in [-0.25, -0.2) is 4.39 Å². The Hall–Kier alpha value is -1.76. The molecule has 5 atom stereocenters. The van der Waals surface area contributed by atoms with Gasteiger partial charge in [-0.15, -0.1) is 4.91 Å². The molecular weight excluding hydrogens is 295 g/mol. The van der Waals surface area contributed by atoms with Gasteiger partial charge in [-0.3, -0.25) is 4.79 Å². The van der Waals surface area contributed by atoms with Crippen LogP contribution in [0.4, 0.5) is 4.39 Å². The van der Waals surface area contributed by atoms with Gasteiger partial charge in [0.1, 0.15) is 37.0 Å². The molecule has 0 aliphatic heterocycles. The van der Waals surface area contributed by atoms with Gasteiger partial charge in [-0.2, -0.15) is 9.81 Å². The molecule has 0 saturated carbocycles. The van der Waals surface area contributed by atoms with Crippen molar-refractivity contribution in [2.45, 2.75) is 30.3 Å². The fourth-order valence-corrected chi connectivity index (χ4v) is 1.41. The second-order valence-electron chi connectivity index (χ2n) is 4.05. The van der Waals surface area contributed by atoms with Crippen LogP contribution in [0.5, 0.6) is 0 Å². The first-order valence-electron chi connectivity index (χ1n) is 5.75. The van der Waals surface area contributed by atoms with Crippen LogP contribution in [-0.2, 0) is 4.79 Å². The van der Waals surface area contributed by atoms with Gasteiger partial charge in [-0.05, 0) is 0 Å². The van der Waals surface area contributed by atoms with Crippen LogP contribution in [0, 0.1) is 14.7 Å². The number of aliphatic hydroxyl groups excluding tert-OH is 3. The summed E-state index contributed by atoms with van der Waals surface area (Å²) in [5.41, 5.74) is 0. The summed E-state index contributed by atoms with van der Waals surface area (Å²) in [4.78, 5) is 41.7. The number of aliphatic hydroxyl groups is 3. The van der Waals surface area contributed by atoms with E-state index in [-0.39, 0.29) is 0 Å². The Balaban J connectivity index is 4.69. The highest BCUT2D eigenvalue weighted by Gasteiger charge is 2.34. The van der Waals surface area contributed by atoms with Crippen LogP contribution in [0.15, 0.2) is 15.5 Å². The van der Waals surface area contributed by atoms with E-state index >= 15 is 0 Å². The van der Waals surface area contributed by atoms with Gasteiger partial charge >= 0.3 is 5.91 Å². The number of nitrogens with zero attached hydrogens (tertiary/aromatic N) is 3. The molecule has 0 radical (unpaired) electrons. The summed E-state index contributed by atoms with van der Waals surface area (Å²) in [5.74, 6) is -1.35. The number of nitroso groups, excluding NO2 is 3. The summed E-state index contributed by atoms with van der Waals surface area (Å²) >= 11 is 0. The maximum absolute atomic E-state index is 12.5. The largest absolute Gasteiger partial charge is 0.394 e. The van der Waals surface area contributed by atoms with Crippen LogP contribution in [0.2, 0.25) is 0 Å². The van der Waals surface area contributed by atoms with Crippen molar-refractivity contribution in [3.8, 4) is 0 Å². The van der Waals surface area contributed by atoms with Crippen molar-refractivity contribution in [1.82, 2.24) is 5.32 Å². The third-order valence-corrected chi connectivity index (χ3v) is 2.71. The average molecular weight is 310 g/mol. The number of hydrogen-bond acceptors (Lipinski definition) is 10. The molecule has 0 rings (SSSR count). The Kier molecular flexibility index (Phi) is 9.20. The van der Waals surface area contributed by atoms with Gasteiger partial charge in [0, 0.05) is 11.7 Å². The molecule has 0 bridgehead atoms. The lowest BCUT2D eigenvalue weighted by Gasteiger charge is -2.24. The lowest BCUT2D eigenvalue weighted by Crippen LogP contribution is -2.50. The van der Waals surface area contributed by atoms with E-state index in [4.69, 9.17) is 5.11 Å². The second kappa shape index (κ2) is 10.0. The Labute approximate surface area is 117 Å². The topological polar surface area (TPSA) is 178 Å². The van der Waals surface area contributed by atoms with Gasteiger partial charge in [-0.1, -0.05) is 10.4 Å². The molecule has 0 aliphatic rings. The molecule has 5 unspecified atom stereocenters. The zero-order valence-corrected chi connectivity index (χ0v) is 10.7. The Morgan fingerprint density at radius 3 is 2.00 bits per heavy atom. The van der Waals surface area contributed by atoms with Gasteiger partial charge in [0.05, 0.1) is 6.61 Å². The van der Waals surface area contributed by atoms with Crippen LogP contribution in [0.25, 0.3) is 0 Å². The van der Waals surface area contributed by atoms with Crippen molar-refractivity contribution in [2.24, 2.45) is 15.5 Å². The average Bonchev–Trinajstić information content (AvgIpc) is 2.51. The predicted octanol–water partition coefficient (Wildman–Crippen LogP) is -1.81. The number of halogens is 1. The van der Waals surface area contributed by atoms with E-state index in [0.29, 0.717) is 0 Å². The van der Waals surface area contributed by atoms with E-state index in [1.165, 1.54) is 0 Å². The molecular formula is C9H15FN4O7. The number of nitrogens with one attached hydrogen (secondary N) is 1. The van der Waals surface area contributed by atoms with Crippen LogP contribution in [0.1, 0.15) is 0 Å². The molecule has 0 saturated heterocycles. The van der Waals surface area contributed by atoms with E-state index in [2.05, 4.69) is 15.7 Å². The second-order valence-corrected chi connectivity index (χ2v) is 4.05. The van der Waals surface area contributed by atoms with Gasteiger partial charge in [0.2, 0.25) is 0 Å². The molecule has 0 spiro atoms. The Bertz CT molecular complexity index is 372. The lowest BCUT2D eigenvalue weighted by atomic mass is 10.0. The van der Waals surface area contributed by atoms with Crippen molar-refractivity contribution in [3.63, 3.8) is 0 Å². The Morgan fingerprint density at radius 2 is 1.62 bits per heavy atom. The number of hydrogen-bond donors (Lipinski definition) is 4. The maximum Gasteiger partial charge on any atom is 0.305 e. The van der Waals surface area contributed by atoms with Crippen LogP contribution >= 0.6 is 0 Å². The first kappa shape index (κ1) is 19.2. The maximum atomic E-state index is 12.5. The highest BCUT2D eigenvalue weighted by Crippen LogP contribution is 2.10. The van der Waals surface area contributed by atoms with Crippen molar-refractivity contribution >= 4 is 5.91 Å². The first-order valence-corrected chi connectivity index (χ1v) is 5.75. The van der Waals surface area contributed by atoms with Crippen molar-refractivity contribution < 1.29 is 24.5 Å². The predicted molar refractivity (Wildman–Crippen MR) is 66.8 cm³/mol. The highest BCUT2D eigenvalue weighted by atomic mass is 19.1. The smallest absolute Gasteiger partial charge is 0.305 e. The van der Waals surface area contributed by atoms with Gasteiger partial charge < -0.3 is 20.6 Å². The molecule has 21 heavy (non-hydrogen) atoms. The zero-order chi connectivity index (χ0) is 16.4. The fraction of sp³-hybridized carbons (Fsp3) is 0.889. The normalized spacial score (nSPS) is 18.1. The number of rotatable bonds is 11. The first-order chi connectivity index (χ1) is 9.96. The summed E-state index contributed by atoms with van der Waals surface area (Å²) in [6, 6.07) is -4.78. The molecule has 120 valence electrons. The number of carbonyl (C=O) groups excluding carboxylic acids is 1. The Morgan fingerprint density at radius 1 is 1.10 bits per heavy atom. The summed E-state index contributed by atoms with van der Waals surface area (Å²) in [6.07, 6.45) is -3.79. The van der Waals surface area contributed by atoms with Crippen LogP contribution < -0.4 is 5.32 Å². The summed E-state index contributed by atoms with van der Waals surface area (Å²) in [5, 5.41) is 36.8. The molecule has 0 fully saturated rings. The van der Waals surface area contributed by atoms with E-state index in [1.807, 2.05) is 5.18 Å². The minimum Gasteiger partial charge on any atom is -0.394 e. The van der Waals surface area contributed by atoms with Crippen LogP contribution in [-0.4, -0.2) is 71.4 Å². The molecule has 1 amide bonds. The fourth-order valence-electron chi connectivity index (χ4n) is 1.41. The lowest BCUT2D eigenvalue weighted by molar-refractivity contribution is -0.120. The third kappa shape index (κ3) is 5.63. The molecule has 0 aliphatic carbocycles. The van der Waals surface area contributed by atoms with Gasteiger partial charge in [0.25, 0.3) is 0 Å². The number of alkyl halides is 1. The van der Waals surface area contributed by atoms with Crippen molar-refractivity contribution in [3.05, 3.63) is 14.7 Å². The number of amides is 1. The summed E-state index contributed by atoms with van der Waals surface area (Å²) in [7, 11) is 0. The van der Waals surface area contributed by atoms with Gasteiger partial charge in [0.15, 0.2) is 0 Å². The quantitative estimate of drug-likeness (QED) is 0.322. The third-order valence-electron chi connectivity index (χ3n) is 2.71. The molecule has 0 aromatic heterocycles. The molecule has 12 heteroatoms. The SMILES string of the molecule is O=NC(=O)C(CF)NCC(N=O)C(O)C(O)C(CO)N=O. The van der Waals surface area contributed by atoms with E-state index in [0.717, 1.165) is 0 Å². The molecule has 4 N–H and O–H groups in total. The highest BCUT2D eigenvalue weighted by molar-refractivity contribution is 5.82. The molecule has 0 aromatic carbocycles. The monoisotopic (exact) mass is 310 g/mol. The standard InChI is InChI=1S/C9H15FN4O7/c10-1-4(9(18)14-21)11-2-5(12-19)7(16)8(17)6(3-15)13-20/h4-8,11,15-17H,1-3H2. The molecule has 11 nitrogen and oxygen atoms in total. The van der Waals surface area contributed by atoms with E-state index in [9.17, 15) is 34.1 Å². The minimum atomic E-state index is -1.90.